The minimum Gasteiger partial charge on any atom is -0.394 e. The summed E-state index contributed by atoms with van der Waals surface area (Å²) in [6.45, 7) is 10.9. The highest BCUT2D eigenvalue weighted by Crippen LogP contribution is 2.66. The summed E-state index contributed by atoms with van der Waals surface area (Å²) >= 11 is 1.58. The Morgan fingerprint density at radius 1 is 1.00 bits per heavy atom. The van der Waals surface area contributed by atoms with Crippen LogP contribution in [-0.4, -0.2) is 84.3 Å². The Labute approximate surface area is 223 Å². The van der Waals surface area contributed by atoms with Crippen molar-refractivity contribution in [2.24, 2.45) is 11.8 Å². The molecule has 0 radical (unpaired) electrons. The Bertz CT molecular complexity index is 1160. The number of aliphatic hydroxyl groups is 1. The van der Waals surface area contributed by atoms with Crippen molar-refractivity contribution in [1.82, 2.24) is 14.7 Å². The number of carbonyl (C=O) groups excluding carboxylic acids is 3. The van der Waals surface area contributed by atoms with Crippen LogP contribution in [0.15, 0.2) is 54.6 Å². The second-order valence-corrected chi connectivity index (χ2v) is 13.7. The zero-order chi connectivity index (χ0) is 26.8. The van der Waals surface area contributed by atoms with Crippen LogP contribution in [0.2, 0.25) is 0 Å². The van der Waals surface area contributed by atoms with E-state index in [1.165, 1.54) is 0 Å². The standard InChI is InChI=1S/C29H37N3O4S/c1-19(18-33)32-23-26(36)31(27(2,3)4)16-10-14-29(23)22(25(32)35)21-24(34)30(15-9-13-28(21,5)37-29)17-20-11-7-6-8-12-20/h6-14,19,21-23,33H,15-18H2,1-5H3/t19-,21+,22+,23?,28-,29+/m1/s1. The maximum absolute atomic E-state index is 14.3. The molecule has 4 heterocycles. The highest BCUT2D eigenvalue weighted by atomic mass is 32.2. The van der Waals surface area contributed by atoms with Crippen LogP contribution in [0.5, 0.6) is 0 Å². The summed E-state index contributed by atoms with van der Waals surface area (Å²) in [6, 6.07) is 8.54. The summed E-state index contributed by atoms with van der Waals surface area (Å²) in [4.78, 5) is 48.0. The number of carbonyl (C=O) groups is 3. The van der Waals surface area contributed by atoms with Gasteiger partial charge in [0.05, 0.1) is 29.2 Å². The molecule has 5 rings (SSSR count). The smallest absolute Gasteiger partial charge is 0.247 e. The number of hydrogen-bond acceptors (Lipinski definition) is 5. The fraction of sp³-hybridized carbons (Fsp3) is 0.552. The SMILES string of the molecule is C[C@H](CO)N1C(=O)[C@@H]2[C@H]3C(=O)N(Cc4ccccc4)CC=C[C@@]3(C)S[C@@]23C=CCN(C(C)(C)C)C(=O)C13. The number of amides is 3. The summed E-state index contributed by atoms with van der Waals surface area (Å²) in [5.41, 5.74) is 0.590. The van der Waals surface area contributed by atoms with Gasteiger partial charge in [0.25, 0.3) is 0 Å². The fourth-order valence-corrected chi connectivity index (χ4v) is 8.77. The Morgan fingerprint density at radius 3 is 2.32 bits per heavy atom. The third kappa shape index (κ3) is 3.95. The van der Waals surface area contributed by atoms with E-state index in [0.717, 1.165) is 5.56 Å². The predicted octanol–water partition coefficient (Wildman–Crippen LogP) is 2.85. The lowest BCUT2D eigenvalue weighted by atomic mass is 9.74. The van der Waals surface area contributed by atoms with E-state index in [9.17, 15) is 19.5 Å². The first-order valence-corrected chi connectivity index (χ1v) is 13.9. The Hall–Kier alpha value is -2.58. The lowest BCUT2D eigenvalue weighted by Gasteiger charge is -2.42. The number of thioether (sulfide) groups is 1. The largest absolute Gasteiger partial charge is 0.394 e. The van der Waals surface area contributed by atoms with Crippen molar-refractivity contribution in [3.63, 3.8) is 0 Å². The number of fused-ring (bicyclic) bond motifs is 2. The van der Waals surface area contributed by atoms with E-state index in [1.807, 2.05) is 86.1 Å². The lowest BCUT2D eigenvalue weighted by Crippen LogP contribution is -2.59. The van der Waals surface area contributed by atoms with Gasteiger partial charge in [0.1, 0.15) is 6.04 Å². The number of nitrogens with zero attached hydrogens (tertiary/aromatic N) is 3. The van der Waals surface area contributed by atoms with Crippen LogP contribution in [0.4, 0.5) is 0 Å². The maximum Gasteiger partial charge on any atom is 0.247 e. The minimum atomic E-state index is -0.896. The summed E-state index contributed by atoms with van der Waals surface area (Å²) in [5, 5.41) is 10.1. The molecule has 0 saturated carbocycles. The van der Waals surface area contributed by atoms with Crippen molar-refractivity contribution < 1.29 is 19.5 Å². The van der Waals surface area contributed by atoms with Crippen molar-refractivity contribution in [1.29, 1.82) is 0 Å². The molecule has 0 aromatic heterocycles. The van der Waals surface area contributed by atoms with Crippen LogP contribution in [0.1, 0.15) is 40.2 Å². The lowest BCUT2D eigenvalue weighted by molar-refractivity contribution is -0.148. The van der Waals surface area contributed by atoms with E-state index in [2.05, 4.69) is 6.08 Å². The first-order chi connectivity index (χ1) is 17.4. The predicted molar refractivity (Wildman–Crippen MR) is 144 cm³/mol. The van der Waals surface area contributed by atoms with Gasteiger partial charge in [-0.3, -0.25) is 14.4 Å². The average molecular weight is 524 g/mol. The van der Waals surface area contributed by atoms with E-state index < -0.39 is 39.0 Å². The molecule has 4 aliphatic heterocycles. The van der Waals surface area contributed by atoms with Gasteiger partial charge >= 0.3 is 0 Å². The van der Waals surface area contributed by atoms with Gasteiger partial charge in [0, 0.05) is 29.9 Å². The molecular weight excluding hydrogens is 486 g/mol. The third-order valence-corrected chi connectivity index (χ3v) is 10.1. The quantitative estimate of drug-likeness (QED) is 0.614. The average Bonchev–Trinajstić information content (AvgIpc) is 3.12. The van der Waals surface area contributed by atoms with Crippen LogP contribution < -0.4 is 0 Å². The van der Waals surface area contributed by atoms with Crippen LogP contribution in [0.25, 0.3) is 0 Å². The van der Waals surface area contributed by atoms with Crippen molar-refractivity contribution in [2.75, 3.05) is 19.7 Å². The van der Waals surface area contributed by atoms with E-state index in [1.54, 1.807) is 23.6 Å². The molecule has 1 spiro atoms. The van der Waals surface area contributed by atoms with Gasteiger partial charge in [0.15, 0.2) is 0 Å². The van der Waals surface area contributed by atoms with Gasteiger partial charge in [-0.2, -0.15) is 0 Å². The summed E-state index contributed by atoms with van der Waals surface area (Å²) in [6.07, 6.45) is 8.13. The number of rotatable bonds is 4. The van der Waals surface area contributed by atoms with E-state index >= 15 is 0 Å². The zero-order valence-electron chi connectivity index (χ0n) is 22.3. The molecule has 8 heteroatoms. The first-order valence-electron chi connectivity index (χ1n) is 13.1. The molecular formula is C29H37N3O4S. The van der Waals surface area contributed by atoms with Gasteiger partial charge in [-0.1, -0.05) is 54.6 Å². The van der Waals surface area contributed by atoms with Gasteiger partial charge in [0.2, 0.25) is 17.7 Å². The molecule has 0 bridgehead atoms. The molecule has 1 aromatic rings. The molecule has 4 aliphatic rings. The molecule has 1 aromatic carbocycles. The molecule has 2 saturated heterocycles. The van der Waals surface area contributed by atoms with Gasteiger partial charge < -0.3 is 19.8 Å². The second kappa shape index (κ2) is 9.02. The van der Waals surface area contributed by atoms with E-state index in [0.29, 0.717) is 19.6 Å². The van der Waals surface area contributed by atoms with Crippen LogP contribution >= 0.6 is 11.8 Å². The Morgan fingerprint density at radius 2 is 1.68 bits per heavy atom. The second-order valence-electron chi connectivity index (χ2n) is 11.9. The van der Waals surface area contributed by atoms with Crippen LogP contribution in [0, 0.1) is 11.8 Å². The Balaban J connectivity index is 1.62. The molecule has 198 valence electrons. The Kier molecular flexibility index (Phi) is 6.35. The summed E-state index contributed by atoms with van der Waals surface area (Å²) < 4.78 is -1.54. The maximum atomic E-state index is 14.3. The van der Waals surface area contributed by atoms with Crippen molar-refractivity contribution >= 4 is 29.5 Å². The van der Waals surface area contributed by atoms with Crippen LogP contribution in [0.3, 0.4) is 0 Å². The highest BCUT2D eigenvalue weighted by molar-refractivity contribution is 8.02. The summed E-state index contributed by atoms with van der Waals surface area (Å²) in [7, 11) is 0. The normalized spacial score (nSPS) is 34.3. The summed E-state index contributed by atoms with van der Waals surface area (Å²) in [5.74, 6) is -1.72. The minimum absolute atomic E-state index is 0.0610. The monoisotopic (exact) mass is 523 g/mol. The zero-order valence-corrected chi connectivity index (χ0v) is 23.1. The third-order valence-electron chi connectivity index (χ3n) is 8.34. The molecule has 0 aliphatic carbocycles. The number of aliphatic hydroxyl groups excluding tert-OH is 1. The van der Waals surface area contributed by atoms with Crippen molar-refractivity contribution in [2.45, 2.75) is 68.3 Å². The van der Waals surface area contributed by atoms with Crippen LogP contribution in [-0.2, 0) is 20.9 Å². The highest BCUT2D eigenvalue weighted by Gasteiger charge is 2.74. The van der Waals surface area contributed by atoms with Crippen molar-refractivity contribution in [3.05, 3.63) is 60.2 Å². The number of hydrogen-bond donors (Lipinski definition) is 1. The van der Waals surface area contributed by atoms with Gasteiger partial charge in [-0.15, -0.1) is 11.8 Å². The first kappa shape index (κ1) is 26.0. The fourth-order valence-electron chi connectivity index (χ4n) is 6.62. The molecule has 3 amide bonds. The topological polar surface area (TPSA) is 81.2 Å². The van der Waals surface area contributed by atoms with Gasteiger partial charge in [-0.25, -0.2) is 0 Å². The molecule has 6 atom stereocenters. The number of benzene rings is 1. The van der Waals surface area contributed by atoms with Gasteiger partial charge in [-0.05, 0) is 40.2 Å². The van der Waals surface area contributed by atoms with E-state index in [4.69, 9.17) is 0 Å². The molecule has 2 fully saturated rings. The number of likely N-dealkylation sites (tertiary alicyclic amines) is 1. The molecule has 1 unspecified atom stereocenters. The van der Waals surface area contributed by atoms with E-state index in [-0.39, 0.29) is 24.3 Å². The molecule has 37 heavy (non-hydrogen) atoms. The molecule has 7 nitrogen and oxygen atoms in total. The van der Waals surface area contributed by atoms with Crippen molar-refractivity contribution in [3.8, 4) is 0 Å². The molecule has 1 N–H and O–H groups in total.